The van der Waals surface area contributed by atoms with Gasteiger partial charge in [-0.05, 0) is 42.7 Å². The summed E-state index contributed by atoms with van der Waals surface area (Å²) in [6.45, 7) is 5.43. The van der Waals surface area contributed by atoms with E-state index < -0.39 is 0 Å². The zero-order valence-electron chi connectivity index (χ0n) is 18.1. The second-order valence-corrected chi connectivity index (χ2v) is 7.97. The minimum Gasteiger partial charge on any atom is -0.347 e. The maximum Gasteiger partial charge on any atom is 0.322 e. The van der Waals surface area contributed by atoms with Crippen LogP contribution in [0.1, 0.15) is 38.4 Å². The Morgan fingerprint density at radius 2 is 1.84 bits per heavy atom. The molecular weight excluding hydrogens is 390 g/mol. The maximum atomic E-state index is 12.9. The molecule has 0 unspecified atom stereocenters. The van der Waals surface area contributed by atoms with Crippen molar-refractivity contribution in [1.82, 2.24) is 20.0 Å². The Labute approximate surface area is 182 Å². The van der Waals surface area contributed by atoms with Crippen LogP contribution in [0.4, 0.5) is 10.5 Å². The molecule has 0 saturated carbocycles. The lowest BCUT2D eigenvalue weighted by Crippen LogP contribution is -2.39. The van der Waals surface area contributed by atoms with Crippen molar-refractivity contribution in [2.45, 2.75) is 33.4 Å². The first-order valence-electron chi connectivity index (χ1n) is 10.4. The van der Waals surface area contributed by atoms with Crippen molar-refractivity contribution in [3.05, 3.63) is 82.2 Å². The predicted octanol–water partition coefficient (Wildman–Crippen LogP) is 3.56. The molecule has 2 heterocycles. The molecule has 0 bridgehead atoms. The van der Waals surface area contributed by atoms with Gasteiger partial charge >= 0.3 is 6.03 Å². The third-order valence-corrected chi connectivity index (χ3v) is 5.80. The number of fused-ring (bicyclic) bond motifs is 1. The Hall–Kier alpha value is -3.61. The van der Waals surface area contributed by atoms with Gasteiger partial charge in [0.2, 0.25) is 0 Å². The lowest BCUT2D eigenvalue weighted by molar-refractivity contribution is 0.0943. The lowest BCUT2D eigenvalue weighted by atomic mass is 10.0. The van der Waals surface area contributed by atoms with Crippen molar-refractivity contribution < 1.29 is 9.59 Å². The van der Waals surface area contributed by atoms with Gasteiger partial charge in [-0.25, -0.2) is 4.79 Å². The topological polar surface area (TPSA) is 79.3 Å². The van der Waals surface area contributed by atoms with E-state index in [0.29, 0.717) is 31.7 Å². The molecule has 0 spiro atoms. The number of anilines is 1. The molecule has 0 radical (unpaired) electrons. The molecular formula is C24H27N5O2. The summed E-state index contributed by atoms with van der Waals surface area (Å²) < 4.78 is 1.76. The van der Waals surface area contributed by atoms with Gasteiger partial charge in [0.05, 0.1) is 6.54 Å². The Balaban J connectivity index is 1.47. The highest BCUT2D eigenvalue weighted by molar-refractivity contribution is 5.94. The van der Waals surface area contributed by atoms with Crippen LogP contribution >= 0.6 is 0 Å². The molecule has 0 atom stereocenters. The van der Waals surface area contributed by atoms with Gasteiger partial charge in [0, 0.05) is 43.5 Å². The molecule has 0 aliphatic carbocycles. The van der Waals surface area contributed by atoms with Gasteiger partial charge in [0.1, 0.15) is 0 Å². The summed E-state index contributed by atoms with van der Waals surface area (Å²) in [6.07, 6.45) is 0.658. The number of aromatic nitrogens is 2. The molecule has 3 amide bonds. The number of urea groups is 1. The lowest BCUT2D eigenvalue weighted by Gasteiger charge is -2.28. The predicted molar refractivity (Wildman–Crippen MR) is 120 cm³/mol. The number of amides is 3. The fourth-order valence-corrected chi connectivity index (χ4v) is 3.83. The Kier molecular flexibility index (Phi) is 5.75. The summed E-state index contributed by atoms with van der Waals surface area (Å²) in [5.74, 6) is -0.225. The molecule has 1 aliphatic heterocycles. The standard InChI is InChI=1S/C24H27N5O2/c1-16-9-10-19(13-17(16)2)26-24(31)29-12-11-21-20(15-29)22(27-28(21)3)23(30)25-14-18-7-5-4-6-8-18/h4-10,13H,11-12,14-15H2,1-3H3,(H,25,30)(H,26,31). The number of carbonyl (C=O) groups excluding carboxylic acids is 2. The molecule has 4 rings (SSSR count). The highest BCUT2D eigenvalue weighted by atomic mass is 16.2. The molecule has 1 aromatic heterocycles. The summed E-state index contributed by atoms with van der Waals surface area (Å²) in [6, 6.07) is 15.4. The van der Waals surface area contributed by atoms with Crippen LogP contribution in [0.25, 0.3) is 0 Å². The van der Waals surface area contributed by atoms with Gasteiger partial charge < -0.3 is 15.5 Å². The van der Waals surface area contributed by atoms with E-state index in [-0.39, 0.29) is 11.9 Å². The van der Waals surface area contributed by atoms with E-state index in [4.69, 9.17) is 0 Å². The van der Waals surface area contributed by atoms with Crippen molar-refractivity contribution >= 4 is 17.6 Å². The van der Waals surface area contributed by atoms with E-state index >= 15 is 0 Å². The molecule has 7 nitrogen and oxygen atoms in total. The number of aryl methyl sites for hydroxylation is 3. The Morgan fingerprint density at radius 3 is 2.58 bits per heavy atom. The summed E-state index contributed by atoms with van der Waals surface area (Å²) >= 11 is 0. The van der Waals surface area contributed by atoms with Crippen molar-refractivity contribution in [3.8, 4) is 0 Å². The van der Waals surface area contributed by atoms with Gasteiger partial charge in [-0.3, -0.25) is 9.48 Å². The van der Waals surface area contributed by atoms with E-state index in [0.717, 1.165) is 28.1 Å². The van der Waals surface area contributed by atoms with E-state index in [2.05, 4.69) is 15.7 Å². The summed E-state index contributed by atoms with van der Waals surface area (Å²) in [5, 5.41) is 10.4. The molecule has 2 aromatic carbocycles. The minimum atomic E-state index is -0.225. The molecule has 2 N–H and O–H groups in total. The van der Waals surface area contributed by atoms with Crippen molar-refractivity contribution in [1.29, 1.82) is 0 Å². The number of hydrogen-bond acceptors (Lipinski definition) is 3. The van der Waals surface area contributed by atoms with E-state index in [1.54, 1.807) is 9.58 Å². The third-order valence-electron chi connectivity index (χ3n) is 5.80. The van der Waals surface area contributed by atoms with Crippen LogP contribution in [-0.2, 0) is 26.6 Å². The van der Waals surface area contributed by atoms with Crippen LogP contribution in [0.15, 0.2) is 48.5 Å². The highest BCUT2D eigenvalue weighted by Gasteiger charge is 2.29. The molecule has 0 saturated heterocycles. The molecule has 0 fully saturated rings. The van der Waals surface area contributed by atoms with Crippen LogP contribution in [0.5, 0.6) is 0 Å². The van der Waals surface area contributed by atoms with Crippen LogP contribution in [0.2, 0.25) is 0 Å². The second kappa shape index (κ2) is 8.63. The first-order valence-corrected chi connectivity index (χ1v) is 10.4. The van der Waals surface area contributed by atoms with Crippen molar-refractivity contribution in [2.24, 2.45) is 7.05 Å². The number of nitrogens with one attached hydrogen (secondary N) is 2. The van der Waals surface area contributed by atoms with E-state index in [9.17, 15) is 9.59 Å². The molecule has 31 heavy (non-hydrogen) atoms. The monoisotopic (exact) mass is 417 g/mol. The van der Waals surface area contributed by atoms with Crippen LogP contribution in [0, 0.1) is 13.8 Å². The van der Waals surface area contributed by atoms with Crippen molar-refractivity contribution in [3.63, 3.8) is 0 Å². The third kappa shape index (κ3) is 4.45. The molecule has 7 heteroatoms. The van der Waals surface area contributed by atoms with Gasteiger partial charge in [0.25, 0.3) is 5.91 Å². The largest absolute Gasteiger partial charge is 0.347 e. The smallest absolute Gasteiger partial charge is 0.322 e. The number of benzene rings is 2. The fraction of sp³-hybridized carbons (Fsp3) is 0.292. The number of hydrogen-bond donors (Lipinski definition) is 2. The normalized spacial score (nSPS) is 12.9. The molecule has 3 aromatic rings. The Morgan fingerprint density at radius 1 is 1.06 bits per heavy atom. The van der Waals surface area contributed by atoms with Crippen molar-refractivity contribution in [2.75, 3.05) is 11.9 Å². The summed E-state index contributed by atoms with van der Waals surface area (Å²) in [7, 11) is 1.84. The van der Waals surface area contributed by atoms with Gasteiger partial charge in [-0.2, -0.15) is 5.10 Å². The van der Waals surface area contributed by atoms with Gasteiger partial charge in [-0.15, -0.1) is 0 Å². The minimum absolute atomic E-state index is 0.173. The van der Waals surface area contributed by atoms with E-state index in [1.807, 2.05) is 69.4 Å². The van der Waals surface area contributed by atoms with Crippen LogP contribution in [-0.4, -0.2) is 33.2 Å². The van der Waals surface area contributed by atoms with E-state index in [1.165, 1.54) is 5.56 Å². The summed E-state index contributed by atoms with van der Waals surface area (Å²) in [5.41, 5.74) is 6.30. The number of rotatable bonds is 4. The quantitative estimate of drug-likeness (QED) is 0.681. The van der Waals surface area contributed by atoms with Gasteiger partial charge in [0.15, 0.2) is 5.69 Å². The fourth-order valence-electron chi connectivity index (χ4n) is 3.83. The average Bonchev–Trinajstić information content (AvgIpc) is 3.11. The zero-order chi connectivity index (χ0) is 22.0. The zero-order valence-corrected chi connectivity index (χ0v) is 18.1. The second-order valence-electron chi connectivity index (χ2n) is 7.97. The maximum absolute atomic E-state index is 12.9. The van der Waals surface area contributed by atoms with Crippen LogP contribution in [0.3, 0.4) is 0 Å². The number of nitrogens with zero attached hydrogens (tertiary/aromatic N) is 3. The first-order chi connectivity index (χ1) is 14.9. The highest BCUT2D eigenvalue weighted by Crippen LogP contribution is 2.23. The Bertz CT molecular complexity index is 1120. The van der Waals surface area contributed by atoms with Gasteiger partial charge in [-0.1, -0.05) is 36.4 Å². The molecule has 160 valence electrons. The summed E-state index contributed by atoms with van der Waals surface area (Å²) in [4.78, 5) is 27.4. The first kappa shape index (κ1) is 20.7. The average molecular weight is 418 g/mol. The van der Waals surface area contributed by atoms with Crippen LogP contribution < -0.4 is 10.6 Å². The number of carbonyl (C=O) groups is 2. The molecule has 1 aliphatic rings. The SMILES string of the molecule is Cc1ccc(NC(=O)N2CCc3c(c(C(=O)NCc4ccccc4)nn3C)C2)cc1C.